The summed E-state index contributed by atoms with van der Waals surface area (Å²) in [4.78, 5) is 10.8. The molecule has 1 aromatic carbocycles. The molecule has 2 aromatic heterocycles. The van der Waals surface area contributed by atoms with Crippen LogP contribution in [-0.4, -0.2) is 33.1 Å². The Morgan fingerprint density at radius 3 is 2.11 bits per heavy atom. The average Bonchev–Trinajstić information content (AvgIpc) is 3.25. The number of likely N-dealkylation sites (tertiary alicyclic amines) is 1. The second-order valence-corrected chi connectivity index (χ2v) is 7.40. The fraction of sp³-hybridized carbons (Fsp3) is 0.304. The number of benzene rings is 1. The minimum absolute atomic E-state index is 0.271. The van der Waals surface area contributed by atoms with Crippen molar-refractivity contribution in [3.05, 3.63) is 95.3 Å². The van der Waals surface area contributed by atoms with Crippen molar-refractivity contribution in [2.24, 2.45) is 0 Å². The van der Waals surface area contributed by atoms with Crippen molar-refractivity contribution in [3.8, 4) is 0 Å². The van der Waals surface area contributed by atoms with Crippen molar-refractivity contribution in [3.63, 3.8) is 0 Å². The van der Waals surface area contributed by atoms with Crippen LogP contribution in [0.1, 0.15) is 41.1 Å². The number of aliphatic hydroxyl groups is 1. The van der Waals surface area contributed by atoms with Gasteiger partial charge in [-0.3, -0.25) is 14.9 Å². The minimum Gasteiger partial charge on any atom is -0.378 e. The van der Waals surface area contributed by atoms with Crippen LogP contribution < -0.4 is 0 Å². The van der Waals surface area contributed by atoms with Crippen molar-refractivity contribution in [2.75, 3.05) is 13.1 Å². The number of pyridine rings is 2. The maximum Gasteiger partial charge on any atom is 0.137 e. The predicted octanol–water partition coefficient (Wildman–Crippen LogP) is 4.00. The van der Waals surface area contributed by atoms with Crippen LogP contribution in [0.25, 0.3) is 0 Å². The molecule has 0 radical (unpaired) electrons. The molecular weight excluding hydrogens is 353 g/mol. The van der Waals surface area contributed by atoms with Crippen LogP contribution in [0.5, 0.6) is 0 Å². The van der Waals surface area contributed by atoms with E-state index in [1.807, 2.05) is 31.2 Å². The van der Waals surface area contributed by atoms with Gasteiger partial charge in [-0.15, -0.1) is 0 Å². The number of aryl methyl sites for hydroxylation is 1. The molecule has 0 bridgehead atoms. The van der Waals surface area contributed by atoms with Gasteiger partial charge in [-0.25, -0.2) is 4.39 Å². The largest absolute Gasteiger partial charge is 0.378 e. The molecule has 0 aliphatic carbocycles. The molecule has 4 nitrogen and oxygen atoms in total. The first-order chi connectivity index (χ1) is 13.6. The van der Waals surface area contributed by atoms with Gasteiger partial charge in [0.2, 0.25) is 0 Å². The summed E-state index contributed by atoms with van der Waals surface area (Å²) >= 11 is 0. The topological polar surface area (TPSA) is 49.2 Å². The zero-order chi connectivity index (χ0) is 19.6. The molecule has 1 aliphatic rings. The van der Waals surface area contributed by atoms with E-state index < -0.39 is 5.60 Å². The van der Waals surface area contributed by atoms with Gasteiger partial charge in [0.25, 0.3) is 0 Å². The third kappa shape index (κ3) is 3.32. The second-order valence-electron chi connectivity index (χ2n) is 7.40. The minimum atomic E-state index is -1.37. The summed E-state index contributed by atoms with van der Waals surface area (Å²) in [6.45, 7) is 3.66. The van der Waals surface area contributed by atoms with Gasteiger partial charge in [0.05, 0.1) is 6.04 Å². The highest BCUT2D eigenvalue weighted by atomic mass is 19.1. The molecule has 1 atom stereocenters. The number of rotatable bonds is 5. The lowest BCUT2D eigenvalue weighted by atomic mass is 9.76. The lowest BCUT2D eigenvalue weighted by Crippen LogP contribution is -2.44. The van der Waals surface area contributed by atoms with Crippen LogP contribution in [-0.2, 0) is 5.60 Å². The Morgan fingerprint density at radius 1 is 1.00 bits per heavy atom. The van der Waals surface area contributed by atoms with Gasteiger partial charge >= 0.3 is 0 Å². The molecule has 0 spiro atoms. The molecule has 5 heteroatoms. The third-order valence-corrected chi connectivity index (χ3v) is 5.63. The first kappa shape index (κ1) is 18.7. The number of hydrogen-bond acceptors (Lipinski definition) is 4. The summed E-state index contributed by atoms with van der Waals surface area (Å²) in [7, 11) is 0. The molecule has 1 N–H and O–H groups in total. The average molecular weight is 377 g/mol. The van der Waals surface area contributed by atoms with E-state index in [1.54, 1.807) is 30.9 Å². The zero-order valence-electron chi connectivity index (χ0n) is 15.9. The summed E-state index contributed by atoms with van der Waals surface area (Å²) in [5, 5.41) is 12.3. The standard InChI is InChI=1S/C23H24FN3O/c1-17-14-20(24)8-9-21(17)22(27-12-2-3-13-27)23(28,18-6-4-10-25-15-18)19-7-5-11-26-16-19/h4-11,14-16,22,28H,2-3,12-13H2,1H3. The van der Waals surface area contributed by atoms with Gasteiger partial charge in [-0.2, -0.15) is 0 Å². The molecule has 1 saturated heterocycles. The number of halogens is 1. The summed E-state index contributed by atoms with van der Waals surface area (Å²) in [6, 6.07) is 11.9. The van der Waals surface area contributed by atoms with Crippen LogP contribution in [0.4, 0.5) is 4.39 Å². The van der Waals surface area contributed by atoms with E-state index in [2.05, 4.69) is 14.9 Å². The molecule has 1 aliphatic heterocycles. The smallest absolute Gasteiger partial charge is 0.137 e. The fourth-order valence-electron chi connectivity index (χ4n) is 4.29. The molecular formula is C23H24FN3O. The van der Waals surface area contributed by atoms with E-state index in [0.717, 1.165) is 37.1 Å². The Kier molecular flexibility index (Phi) is 5.20. The Bertz CT molecular complexity index is 888. The van der Waals surface area contributed by atoms with E-state index in [4.69, 9.17) is 0 Å². The second kappa shape index (κ2) is 7.78. The van der Waals surface area contributed by atoms with Crippen molar-refractivity contribution >= 4 is 0 Å². The Labute approximate surface area is 164 Å². The maximum atomic E-state index is 13.8. The third-order valence-electron chi connectivity index (χ3n) is 5.63. The Hall–Kier alpha value is -2.63. The van der Waals surface area contributed by atoms with Crippen molar-refractivity contribution in [1.29, 1.82) is 0 Å². The fourth-order valence-corrected chi connectivity index (χ4v) is 4.29. The van der Waals surface area contributed by atoms with E-state index in [0.29, 0.717) is 11.1 Å². The number of hydrogen-bond donors (Lipinski definition) is 1. The highest BCUT2D eigenvalue weighted by Crippen LogP contribution is 2.46. The van der Waals surface area contributed by atoms with Crippen molar-refractivity contribution in [2.45, 2.75) is 31.4 Å². The molecule has 1 unspecified atom stereocenters. The van der Waals surface area contributed by atoms with Gasteiger partial charge in [-0.1, -0.05) is 18.2 Å². The SMILES string of the molecule is Cc1cc(F)ccc1C(N1CCCC1)C(O)(c1cccnc1)c1cccnc1. The maximum absolute atomic E-state index is 13.8. The van der Waals surface area contributed by atoms with Crippen LogP contribution in [0.15, 0.2) is 67.3 Å². The van der Waals surface area contributed by atoms with E-state index in [9.17, 15) is 9.50 Å². The first-order valence-corrected chi connectivity index (χ1v) is 9.64. The molecule has 4 rings (SSSR count). The Morgan fingerprint density at radius 2 is 1.61 bits per heavy atom. The molecule has 0 amide bonds. The first-order valence-electron chi connectivity index (χ1n) is 9.64. The van der Waals surface area contributed by atoms with Gasteiger partial charge in [0, 0.05) is 35.9 Å². The highest BCUT2D eigenvalue weighted by molar-refractivity contribution is 5.42. The van der Waals surface area contributed by atoms with Crippen LogP contribution in [0.3, 0.4) is 0 Å². The number of aromatic nitrogens is 2. The van der Waals surface area contributed by atoms with Gasteiger partial charge < -0.3 is 5.11 Å². The molecule has 1 fully saturated rings. The van der Waals surface area contributed by atoms with Crippen LogP contribution in [0.2, 0.25) is 0 Å². The van der Waals surface area contributed by atoms with Crippen molar-refractivity contribution < 1.29 is 9.50 Å². The summed E-state index contributed by atoms with van der Waals surface area (Å²) in [5.74, 6) is -0.271. The monoisotopic (exact) mass is 377 g/mol. The van der Waals surface area contributed by atoms with Crippen molar-refractivity contribution in [1.82, 2.24) is 14.9 Å². The van der Waals surface area contributed by atoms with Gasteiger partial charge in [0.15, 0.2) is 0 Å². The lowest BCUT2D eigenvalue weighted by Gasteiger charge is -2.42. The number of nitrogens with zero attached hydrogens (tertiary/aromatic N) is 3. The lowest BCUT2D eigenvalue weighted by molar-refractivity contribution is -0.0155. The summed E-state index contributed by atoms with van der Waals surface area (Å²) in [6.07, 6.45) is 8.95. The van der Waals surface area contributed by atoms with Gasteiger partial charge in [0.1, 0.15) is 11.4 Å². The predicted molar refractivity (Wildman–Crippen MR) is 106 cm³/mol. The van der Waals surface area contributed by atoms with Crippen LogP contribution in [0, 0.1) is 12.7 Å². The quantitative estimate of drug-likeness (QED) is 0.730. The van der Waals surface area contributed by atoms with E-state index >= 15 is 0 Å². The molecule has 0 saturated carbocycles. The molecule has 3 aromatic rings. The van der Waals surface area contributed by atoms with Gasteiger partial charge in [-0.05, 0) is 68.2 Å². The highest BCUT2D eigenvalue weighted by Gasteiger charge is 2.46. The molecule has 3 heterocycles. The normalized spacial score (nSPS) is 16.2. The van der Waals surface area contributed by atoms with E-state index in [-0.39, 0.29) is 11.9 Å². The molecule has 144 valence electrons. The zero-order valence-corrected chi connectivity index (χ0v) is 15.9. The van der Waals surface area contributed by atoms with Crippen LogP contribution >= 0.6 is 0 Å². The Balaban J connectivity index is 1.96. The summed E-state index contributed by atoms with van der Waals surface area (Å²) in [5.41, 5.74) is 1.77. The van der Waals surface area contributed by atoms with E-state index in [1.165, 1.54) is 12.1 Å². The molecule has 28 heavy (non-hydrogen) atoms. The summed E-state index contributed by atoms with van der Waals surface area (Å²) < 4.78 is 13.8.